The minimum Gasteiger partial charge on any atom is -0.478 e. The number of nitrogens with one attached hydrogen (secondary N) is 1. The minimum atomic E-state index is -0.985. The summed E-state index contributed by atoms with van der Waals surface area (Å²) in [6.45, 7) is 4.96. The molecule has 1 saturated heterocycles. The maximum atomic E-state index is 11.9. The molecular formula is C14H20N4O3. The number of carboxylic acid groups (broad SMARTS) is 1. The monoisotopic (exact) mass is 292 g/mol. The molecule has 0 spiro atoms. The summed E-state index contributed by atoms with van der Waals surface area (Å²) in [6, 6.07) is 3.10. The SMILES string of the molecule is CCCNC(=O)N1CCN(c2ncccc2C(=O)O)CC1. The maximum absolute atomic E-state index is 11.9. The third kappa shape index (κ3) is 3.62. The van der Waals surface area contributed by atoms with Gasteiger partial charge in [-0.15, -0.1) is 0 Å². The molecule has 1 aliphatic rings. The molecule has 7 nitrogen and oxygen atoms in total. The van der Waals surface area contributed by atoms with Crippen molar-refractivity contribution in [2.24, 2.45) is 0 Å². The van der Waals surface area contributed by atoms with Gasteiger partial charge in [0.2, 0.25) is 0 Å². The first-order valence-corrected chi connectivity index (χ1v) is 7.09. The summed E-state index contributed by atoms with van der Waals surface area (Å²) in [4.78, 5) is 30.9. The van der Waals surface area contributed by atoms with E-state index in [1.165, 1.54) is 0 Å². The molecule has 114 valence electrons. The van der Waals surface area contributed by atoms with E-state index in [0.29, 0.717) is 38.5 Å². The molecule has 2 heterocycles. The molecule has 0 saturated carbocycles. The van der Waals surface area contributed by atoms with E-state index in [0.717, 1.165) is 6.42 Å². The highest BCUT2D eigenvalue weighted by Crippen LogP contribution is 2.18. The highest BCUT2D eigenvalue weighted by Gasteiger charge is 2.24. The van der Waals surface area contributed by atoms with Gasteiger partial charge in [-0.1, -0.05) is 6.92 Å². The second-order valence-corrected chi connectivity index (χ2v) is 4.89. The molecule has 0 bridgehead atoms. The first-order valence-electron chi connectivity index (χ1n) is 7.09. The number of piperazine rings is 1. The Morgan fingerprint density at radius 2 is 2.05 bits per heavy atom. The van der Waals surface area contributed by atoms with Gasteiger partial charge < -0.3 is 20.2 Å². The molecule has 1 aromatic heterocycles. The van der Waals surface area contributed by atoms with E-state index in [4.69, 9.17) is 0 Å². The third-order valence-corrected chi connectivity index (χ3v) is 3.41. The summed E-state index contributed by atoms with van der Waals surface area (Å²) in [5.74, 6) is -0.514. The summed E-state index contributed by atoms with van der Waals surface area (Å²) in [6.07, 6.45) is 2.49. The largest absolute Gasteiger partial charge is 0.478 e. The lowest BCUT2D eigenvalue weighted by Crippen LogP contribution is -2.52. The standard InChI is InChI=1S/C14H20N4O3/c1-2-5-16-14(21)18-9-7-17(8-10-18)12-11(13(19)20)4-3-6-15-12/h3-4,6H,2,5,7-10H2,1H3,(H,16,21)(H,19,20). The fourth-order valence-corrected chi connectivity index (χ4v) is 2.28. The van der Waals surface area contributed by atoms with Gasteiger partial charge in [0.05, 0.1) is 0 Å². The lowest BCUT2D eigenvalue weighted by Gasteiger charge is -2.35. The summed E-state index contributed by atoms with van der Waals surface area (Å²) in [7, 11) is 0. The van der Waals surface area contributed by atoms with Crippen molar-refractivity contribution >= 4 is 17.8 Å². The molecule has 1 fully saturated rings. The van der Waals surface area contributed by atoms with Crippen molar-refractivity contribution in [2.75, 3.05) is 37.6 Å². The lowest BCUT2D eigenvalue weighted by molar-refractivity contribution is 0.0697. The van der Waals surface area contributed by atoms with Crippen molar-refractivity contribution in [1.29, 1.82) is 0 Å². The number of aromatic nitrogens is 1. The van der Waals surface area contributed by atoms with Gasteiger partial charge in [0.15, 0.2) is 0 Å². The van der Waals surface area contributed by atoms with E-state index < -0.39 is 5.97 Å². The Morgan fingerprint density at radius 1 is 1.33 bits per heavy atom. The smallest absolute Gasteiger partial charge is 0.339 e. The zero-order valence-electron chi connectivity index (χ0n) is 12.1. The molecule has 21 heavy (non-hydrogen) atoms. The van der Waals surface area contributed by atoms with Crippen LogP contribution in [0.1, 0.15) is 23.7 Å². The van der Waals surface area contributed by atoms with Crippen LogP contribution in [0.5, 0.6) is 0 Å². The molecule has 0 radical (unpaired) electrons. The van der Waals surface area contributed by atoms with Crippen LogP contribution in [0.25, 0.3) is 0 Å². The van der Waals surface area contributed by atoms with Crippen LogP contribution in [-0.4, -0.2) is 59.7 Å². The summed E-state index contributed by atoms with van der Waals surface area (Å²) >= 11 is 0. The van der Waals surface area contributed by atoms with Gasteiger partial charge in [-0.3, -0.25) is 0 Å². The highest BCUT2D eigenvalue weighted by molar-refractivity contribution is 5.93. The molecule has 7 heteroatoms. The van der Waals surface area contributed by atoms with Crippen LogP contribution in [0.2, 0.25) is 0 Å². The predicted molar refractivity (Wildman–Crippen MR) is 78.7 cm³/mol. The van der Waals surface area contributed by atoms with Gasteiger partial charge in [0.1, 0.15) is 11.4 Å². The van der Waals surface area contributed by atoms with Crippen molar-refractivity contribution in [3.8, 4) is 0 Å². The number of urea groups is 1. The average molecular weight is 292 g/mol. The molecule has 2 N–H and O–H groups in total. The number of hydrogen-bond acceptors (Lipinski definition) is 4. The van der Waals surface area contributed by atoms with Crippen molar-refractivity contribution in [3.63, 3.8) is 0 Å². The molecule has 0 atom stereocenters. The molecule has 0 aromatic carbocycles. The summed E-state index contributed by atoms with van der Waals surface area (Å²) in [5.41, 5.74) is 0.196. The van der Waals surface area contributed by atoms with Gasteiger partial charge in [0.25, 0.3) is 0 Å². The molecule has 1 aromatic rings. The second kappa shape index (κ2) is 6.92. The number of amides is 2. The Kier molecular flexibility index (Phi) is 4.97. The summed E-state index contributed by atoms with van der Waals surface area (Å²) < 4.78 is 0. The van der Waals surface area contributed by atoms with E-state index in [-0.39, 0.29) is 11.6 Å². The van der Waals surface area contributed by atoms with Crippen LogP contribution in [0, 0.1) is 0 Å². The second-order valence-electron chi connectivity index (χ2n) is 4.89. The van der Waals surface area contributed by atoms with Crippen LogP contribution in [0.3, 0.4) is 0 Å². The Bertz CT molecular complexity index is 513. The molecule has 2 rings (SSSR count). The number of carboxylic acids is 1. The predicted octanol–water partition coefficient (Wildman–Crippen LogP) is 1.02. The molecule has 1 aliphatic heterocycles. The first kappa shape index (κ1) is 15.1. The van der Waals surface area contributed by atoms with E-state index in [2.05, 4.69) is 10.3 Å². The number of hydrogen-bond donors (Lipinski definition) is 2. The highest BCUT2D eigenvalue weighted by atomic mass is 16.4. The number of pyridine rings is 1. The molecular weight excluding hydrogens is 272 g/mol. The molecule has 2 amide bonds. The van der Waals surface area contributed by atoms with Gasteiger partial charge in [-0.2, -0.15) is 0 Å². The Morgan fingerprint density at radius 3 is 2.67 bits per heavy atom. The zero-order chi connectivity index (χ0) is 15.2. The zero-order valence-corrected chi connectivity index (χ0v) is 12.1. The van der Waals surface area contributed by atoms with Crippen LogP contribution in [-0.2, 0) is 0 Å². The van der Waals surface area contributed by atoms with Gasteiger partial charge in [-0.05, 0) is 18.6 Å². The number of nitrogens with zero attached hydrogens (tertiary/aromatic N) is 3. The average Bonchev–Trinajstić information content (AvgIpc) is 2.52. The Balaban J connectivity index is 1.98. The van der Waals surface area contributed by atoms with Gasteiger partial charge in [0, 0.05) is 38.9 Å². The number of aromatic carboxylic acids is 1. The van der Waals surface area contributed by atoms with Crippen LogP contribution < -0.4 is 10.2 Å². The lowest BCUT2D eigenvalue weighted by atomic mass is 10.2. The van der Waals surface area contributed by atoms with Gasteiger partial charge in [-0.25, -0.2) is 14.6 Å². The first-order chi connectivity index (χ1) is 10.1. The quantitative estimate of drug-likeness (QED) is 0.865. The van der Waals surface area contributed by atoms with E-state index in [1.54, 1.807) is 23.2 Å². The van der Waals surface area contributed by atoms with E-state index >= 15 is 0 Å². The number of carbonyl (C=O) groups is 2. The number of carbonyl (C=O) groups excluding carboxylic acids is 1. The van der Waals surface area contributed by atoms with Gasteiger partial charge >= 0.3 is 12.0 Å². The topological polar surface area (TPSA) is 85.8 Å². The fourth-order valence-electron chi connectivity index (χ4n) is 2.28. The molecule has 0 unspecified atom stereocenters. The van der Waals surface area contributed by atoms with Crippen molar-refractivity contribution < 1.29 is 14.7 Å². The van der Waals surface area contributed by atoms with Crippen molar-refractivity contribution in [3.05, 3.63) is 23.9 Å². The Labute approximate surface area is 123 Å². The number of anilines is 1. The normalized spacial score (nSPS) is 14.9. The Hall–Kier alpha value is -2.31. The van der Waals surface area contributed by atoms with Crippen molar-refractivity contribution in [1.82, 2.24) is 15.2 Å². The van der Waals surface area contributed by atoms with Crippen LogP contribution in [0.15, 0.2) is 18.3 Å². The van der Waals surface area contributed by atoms with Crippen LogP contribution >= 0.6 is 0 Å². The minimum absolute atomic E-state index is 0.0593. The van der Waals surface area contributed by atoms with E-state index in [9.17, 15) is 14.7 Å². The van der Waals surface area contributed by atoms with Crippen molar-refractivity contribution in [2.45, 2.75) is 13.3 Å². The maximum Gasteiger partial charge on any atom is 0.339 e. The molecule has 0 aliphatic carbocycles. The van der Waals surface area contributed by atoms with Crippen LogP contribution in [0.4, 0.5) is 10.6 Å². The fraction of sp³-hybridized carbons (Fsp3) is 0.500. The number of rotatable bonds is 4. The summed E-state index contributed by atoms with van der Waals surface area (Å²) in [5, 5.41) is 12.0. The third-order valence-electron chi connectivity index (χ3n) is 3.41. The van der Waals surface area contributed by atoms with E-state index in [1.807, 2.05) is 11.8 Å².